The van der Waals surface area contributed by atoms with E-state index in [2.05, 4.69) is 6.92 Å². The first-order chi connectivity index (χ1) is 14.8. The molecule has 0 saturated carbocycles. The molecule has 0 unspecified atom stereocenters. The van der Waals surface area contributed by atoms with Gasteiger partial charge in [-0.05, 0) is 25.1 Å². The number of carboxylic acids is 1. The highest BCUT2D eigenvalue weighted by Gasteiger charge is 2.21. The lowest BCUT2D eigenvalue weighted by molar-refractivity contribution is -0.384. The van der Waals surface area contributed by atoms with Crippen LogP contribution in [0.5, 0.6) is 0 Å². The summed E-state index contributed by atoms with van der Waals surface area (Å²) >= 11 is 0. The maximum atomic E-state index is 12.6. The van der Waals surface area contributed by atoms with Gasteiger partial charge >= 0.3 is 5.97 Å². The molecule has 0 radical (unpaired) electrons. The molecule has 0 aromatic heterocycles. The summed E-state index contributed by atoms with van der Waals surface area (Å²) in [5, 5.41) is 19.8. The van der Waals surface area contributed by atoms with Crippen LogP contribution >= 0.6 is 0 Å². The van der Waals surface area contributed by atoms with Gasteiger partial charge in [-0.2, -0.15) is 0 Å². The summed E-state index contributed by atoms with van der Waals surface area (Å²) in [5.41, 5.74) is -0.192. The fraction of sp³-hybridized carbons (Fsp3) is 0.682. The second-order valence-corrected chi connectivity index (χ2v) is 9.94. The van der Waals surface area contributed by atoms with Crippen molar-refractivity contribution in [3.8, 4) is 0 Å². The van der Waals surface area contributed by atoms with Gasteiger partial charge in [0.05, 0.1) is 16.4 Å². The Kier molecular flexibility index (Phi) is 13.0. The molecule has 1 N–H and O–H groups in total. The zero-order valence-electron chi connectivity index (χ0n) is 18.5. The maximum Gasteiger partial charge on any atom is 0.317 e. The number of non-ortho nitro benzene ring substituents is 1. The minimum Gasteiger partial charge on any atom is -0.480 e. The fourth-order valence-corrected chi connectivity index (χ4v) is 4.87. The molecule has 0 heterocycles. The van der Waals surface area contributed by atoms with Crippen molar-refractivity contribution in [2.75, 3.05) is 19.0 Å². The Hall–Kier alpha value is -2.00. The smallest absolute Gasteiger partial charge is 0.317 e. The van der Waals surface area contributed by atoms with E-state index in [1.54, 1.807) is 0 Å². The Bertz CT molecular complexity index is 765. The van der Waals surface area contributed by atoms with E-state index in [0.717, 1.165) is 37.8 Å². The van der Waals surface area contributed by atoms with Crippen LogP contribution in [0.25, 0.3) is 0 Å². The molecular formula is C22H36N2O6S. The summed E-state index contributed by atoms with van der Waals surface area (Å²) in [6.07, 6.45) is 12.8. The predicted molar refractivity (Wildman–Crippen MR) is 121 cm³/mol. The van der Waals surface area contributed by atoms with Crippen molar-refractivity contribution in [3.05, 3.63) is 34.4 Å². The predicted octanol–water partition coefficient (Wildman–Crippen LogP) is 5.02. The van der Waals surface area contributed by atoms with Crippen molar-refractivity contribution in [2.24, 2.45) is 0 Å². The normalized spacial score (nSPS) is 11.7. The van der Waals surface area contributed by atoms with Crippen LogP contribution in [0.3, 0.4) is 0 Å². The molecule has 0 fully saturated rings. The van der Waals surface area contributed by atoms with E-state index in [0.29, 0.717) is 6.54 Å². The van der Waals surface area contributed by atoms with Gasteiger partial charge in [0.15, 0.2) is 9.84 Å². The molecule has 0 bridgehead atoms. The van der Waals surface area contributed by atoms with E-state index in [4.69, 9.17) is 5.11 Å². The second-order valence-electron chi connectivity index (χ2n) is 7.98. The third-order valence-corrected chi connectivity index (χ3v) is 6.89. The van der Waals surface area contributed by atoms with Gasteiger partial charge in [-0.1, -0.05) is 71.1 Å². The number of carbonyl (C=O) groups is 1. The molecule has 1 aromatic carbocycles. The van der Waals surface area contributed by atoms with Gasteiger partial charge in [0.1, 0.15) is 5.88 Å². The van der Waals surface area contributed by atoms with Gasteiger partial charge in [-0.3, -0.25) is 19.8 Å². The van der Waals surface area contributed by atoms with E-state index < -0.39 is 26.6 Å². The topological polar surface area (TPSA) is 118 Å². The number of aliphatic carboxylic acids is 1. The van der Waals surface area contributed by atoms with Crippen molar-refractivity contribution in [2.45, 2.75) is 82.4 Å². The van der Waals surface area contributed by atoms with Gasteiger partial charge in [-0.25, -0.2) is 8.42 Å². The summed E-state index contributed by atoms with van der Waals surface area (Å²) < 4.78 is 25.2. The van der Waals surface area contributed by atoms with Crippen molar-refractivity contribution < 1.29 is 23.2 Å². The number of nitro benzene ring substituents is 1. The molecule has 0 amide bonds. The monoisotopic (exact) mass is 456 g/mol. The third kappa shape index (κ3) is 11.8. The largest absolute Gasteiger partial charge is 0.480 e. The third-order valence-electron chi connectivity index (χ3n) is 5.20. The summed E-state index contributed by atoms with van der Waals surface area (Å²) in [6.45, 7) is 2.24. The molecular weight excluding hydrogens is 420 g/mol. The zero-order valence-corrected chi connectivity index (χ0v) is 19.3. The summed E-state index contributed by atoms with van der Waals surface area (Å²) in [4.78, 5) is 22.6. The highest BCUT2D eigenvalue weighted by Crippen LogP contribution is 2.18. The van der Waals surface area contributed by atoms with E-state index in [-0.39, 0.29) is 17.1 Å². The number of unbranched alkanes of at least 4 members (excludes halogenated alkanes) is 10. The number of hydrogen-bond donors (Lipinski definition) is 1. The first-order valence-corrected chi connectivity index (χ1v) is 12.8. The molecule has 1 rings (SSSR count). The maximum absolute atomic E-state index is 12.6. The standard InChI is InChI=1S/C22H36N2O6S/c1-2-3-4-5-6-7-8-9-10-11-12-17-23(18-22(25)26)19-31(29,30)21-15-13-20(14-16-21)24(27)28/h13-16H,2-12,17-19H2,1H3,(H,25,26). The zero-order chi connectivity index (χ0) is 23.1. The highest BCUT2D eigenvalue weighted by molar-refractivity contribution is 7.91. The minimum absolute atomic E-state index is 0.0487. The van der Waals surface area contributed by atoms with E-state index in [1.165, 1.54) is 62.0 Å². The van der Waals surface area contributed by atoms with Crippen molar-refractivity contribution in [1.82, 2.24) is 4.90 Å². The fourth-order valence-electron chi connectivity index (χ4n) is 3.47. The Balaban J connectivity index is 2.40. The summed E-state index contributed by atoms with van der Waals surface area (Å²) in [6, 6.07) is 4.65. The van der Waals surface area contributed by atoms with Crippen molar-refractivity contribution >= 4 is 21.5 Å². The van der Waals surface area contributed by atoms with Gasteiger partial charge in [-0.15, -0.1) is 0 Å². The van der Waals surface area contributed by atoms with Gasteiger partial charge in [0, 0.05) is 12.1 Å². The average molecular weight is 457 g/mol. The number of rotatable bonds is 18. The number of sulfone groups is 1. The Labute approximate surface area is 185 Å². The minimum atomic E-state index is -3.77. The lowest BCUT2D eigenvalue weighted by Gasteiger charge is -2.20. The van der Waals surface area contributed by atoms with E-state index in [1.807, 2.05) is 0 Å². The van der Waals surface area contributed by atoms with Crippen LogP contribution in [-0.4, -0.2) is 48.3 Å². The van der Waals surface area contributed by atoms with Crippen molar-refractivity contribution in [3.63, 3.8) is 0 Å². The first-order valence-electron chi connectivity index (χ1n) is 11.2. The molecule has 0 atom stereocenters. The van der Waals surface area contributed by atoms with Crippen LogP contribution in [-0.2, 0) is 14.6 Å². The average Bonchev–Trinajstić information content (AvgIpc) is 2.71. The van der Waals surface area contributed by atoms with Gasteiger partial charge < -0.3 is 5.11 Å². The molecule has 176 valence electrons. The van der Waals surface area contributed by atoms with Crippen LogP contribution in [0.4, 0.5) is 5.69 Å². The van der Waals surface area contributed by atoms with Crippen LogP contribution < -0.4 is 0 Å². The Morgan fingerprint density at radius 3 is 1.87 bits per heavy atom. The molecule has 9 heteroatoms. The number of hydrogen-bond acceptors (Lipinski definition) is 6. The van der Waals surface area contributed by atoms with Crippen LogP contribution in [0.1, 0.15) is 77.6 Å². The van der Waals surface area contributed by atoms with E-state index in [9.17, 15) is 23.3 Å². The lowest BCUT2D eigenvalue weighted by atomic mass is 10.1. The lowest BCUT2D eigenvalue weighted by Crippen LogP contribution is -2.35. The quantitative estimate of drug-likeness (QED) is 0.187. The molecule has 0 saturated heterocycles. The molecule has 0 aliphatic rings. The second kappa shape index (κ2) is 14.9. The van der Waals surface area contributed by atoms with Crippen molar-refractivity contribution in [1.29, 1.82) is 0 Å². The highest BCUT2D eigenvalue weighted by atomic mass is 32.2. The summed E-state index contributed by atoms with van der Waals surface area (Å²) in [5.74, 6) is -1.50. The van der Waals surface area contributed by atoms with Gasteiger partial charge in [0.25, 0.3) is 5.69 Å². The van der Waals surface area contributed by atoms with Crippen LogP contribution in [0.2, 0.25) is 0 Å². The first kappa shape index (κ1) is 27.0. The number of nitro groups is 1. The molecule has 0 spiro atoms. The van der Waals surface area contributed by atoms with E-state index >= 15 is 0 Å². The Morgan fingerprint density at radius 1 is 0.935 bits per heavy atom. The van der Waals surface area contributed by atoms with Gasteiger partial charge in [0.2, 0.25) is 0 Å². The van der Waals surface area contributed by atoms with Crippen LogP contribution in [0.15, 0.2) is 29.2 Å². The van der Waals surface area contributed by atoms with Crippen LogP contribution in [0, 0.1) is 10.1 Å². The SMILES string of the molecule is CCCCCCCCCCCCCN(CC(=O)O)CS(=O)(=O)c1ccc([N+](=O)[O-])cc1. The molecule has 31 heavy (non-hydrogen) atoms. The number of benzene rings is 1. The molecule has 0 aliphatic carbocycles. The Morgan fingerprint density at radius 2 is 1.42 bits per heavy atom. The number of carboxylic acid groups (broad SMARTS) is 1. The molecule has 0 aliphatic heterocycles. The number of nitrogens with zero attached hydrogens (tertiary/aromatic N) is 2. The summed E-state index contributed by atoms with van der Waals surface area (Å²) in [7, 11) is -3.77. The molecule has 8 nitrogen and oxygen atoms in total. The molecule has 1 aromatic rings.